The van der Waals surface area contributed by atoms with Gasteiger partial charge in [0, 0.05) is 12.0 Å². The van der Waals surface area contributed by atoms with Crippen molar-refractivity contribution >= 4 is 27.0 Å². The highest BCUT2D eigenvalue weighted by molar-refractivity contribution is 7.89. The number of esters is 1. The number of aryl methyl sites for hydroxylation is 3. The van der Waals surface area contributed by atoms with Gasteiger partial charge in [0.1, 0.15) is 17.4 Å². The number of hydrogen-bond acceptors (Lipinski definition) is 6. The first-order chi connectivity index (χ1) is 18.5. The predicted molar refractivity (Wildman–Crippen MR) is 152 cm³/mol. The standard InChI is InChI=1S/C31H33NO6S/c1-6-21(4)29(32-39(35,36)24-14-12-19(2)13-15-24)31(34)38-27-17-20(3)16-26-28(27)22(5)25(30(33)37-26)18-23-10-8-7-9-11-23/h7-17,21,29,32H,6,18H2,1-5H3/t21-,29+/m1/s1. The van der Waals surface area contributed by atoms with E-state index in [-0.39, 0.29) is 16.6 Å². The van der Waals surface area contributed by atoms with Gasteiger partial charge < -0.3 is 9.15 Å². The molecule has 8 heteroatoms. The first-order valence-electron chi connectivity index (χ1n) is 12.9. The lowest BCUT2D eigenvalue weighted by molar-refractivity contribution is -0.137. The molecule has 0 fully saturated rings. The second-order valence-electron chi connectivity index (χ2n) is 10.0. The molecule has 204 valence electrons. The fraction of sp³-hybridized carbons (Fsp3) is 0.290. The lowest BCUT2D eigenvalue weighted by atomic mass is 9.98. The van der Waals surface area contributed by atoms with Crippen molar-refractivity contribution in [3.8, 4) is 5.75 Å². The highest BCUT2D eigenvalue weighted by atomic mass is 32.2. The van der Waals surface area contributed by atoms with Gasteiger partial charge in [-0.25, -0.2) is 18.0 Å². The number of carbonyl (C=O) groups excluding carboxylic acids is 1. The maximum atomic E-state index is 13.5. The number of fused-ring (bicyclic) bond motifs is 1. The molecule has 4 aromatic rings. The normalized spacial score (nSPS) is 13.3. The first-order valence-corrected chi connectivity index (χ1v) is 14.4. The van der Waals surface area contributed by atoms with Gasteiger partial charge in [0.2, 0.25) is 10.0 Å². The molecular formula is C31H33NO6S. The SMILES string of the molecule is CC[C@@H](C)[C@H](NS(=O)(=O)c1ccc(C)cc1)C(=O)Oc1cc(C)cc2oc(=O)c(Cc3ccccc3)c(C)c12. The van der Waals surface area contributed by atoms with E-state index in [2.05, 4.69) is 4.72 Å². The number of hydrogen-bond donors (Lipinski definition) is 1. The molecule has 0 amide bonds. The Morgan fingerprint density at radius 3 is 2.28 bits per heavy atom. The molecule has 2 atom stereocenters. The summed E-state index contributed by atoms with van der Waals surface area (Å²) in [6.07, 6.45) is 0.901. The molecule has 1 aromatic heterocycles. The van der Waals surface area contributed by atoms with E-state index < -0.39 is 27.7 Å². The van der Waals surface area contributed by atoms with Crippen LogP contribution in [-0.4, -0.2) is 20.4 Å². The summed E-state index contributed by atoms with van der Waals surface area (Å²) in [7, 11) is -3.99. The van der Waals surface area contributed by atoms with Crippen molar-refractivity contribution in [2.45, 2.75) is 58.4 Å². The third-order valence-corrected chi connectivity index (χ3v) is 8.46. The largest absolute Gasteiger partial charge is 0.425 e. The molecule has 0 aliphatic carbocycles. The van der Waals surface area contributed by atoms with Gasteiger partial charge in [-0.05, 0) is 67.6 Å². The average Bonchev–Trinajstić information content (AvgIpc) is 2.89. The molecule has 0 radical (unpaired) electrons. The van der Waals surface area contributed by atoms with E-state index in [1.165, 1.54) is 12.1 Å². The lowest BCUT2D eigenvalue weighted by Crippen LogP contribution is -2.47. The Kier molecular flexibility index (Phi) is 8.37. The molecule has 0 aliphatic rings. The monoisotopic (exact) mass is 547 g/mol. The zero-order chi connectivity index (χ0) is 28.3. The fourth-order valence-electron chi connectivity index (χ4n) is 4.48. The van der Waals surface area contributed by atoms with Crippen LogP contribution in [0.1, 0.15) is 48.1 Å². The van der Waals surface area contributed by atoms with Crippen LogP contribution >= 0.6 is 0 Å². The van der Waals surface area contributed by atoms with Crippen molar-refractivity contribution in [3.05, 3.63) is 105 Å². The van der Waals surface area contributed by atoms with Crippen LogP contribution in [0.3, 0.4) is 0 Å². The lowest BCUT2D eigenvalue weighted by Gasteiger charge is -2.23. The predicted octanol–water partition coefficient (Wildman–Crippen LogP) is 5.61. The quantitative estimate of drug-likeness (QED) is 0.166. The van der Waals surface area contributed by atoms with Gasteiger partial charge in [-0.1, -0.05) is 68.3 Å². The van der Waals surface area contributed by atoms with Gasteiger partial charge in [0.05, 0.1) is 10.3 Å². The van der Waals surface area contributed by atoms with Crippen LogP contribution < -0.4 is 15.1 Å². The minimum atomic E-state index is -3.99. The maximum absolute atomic E-state index is 13.5. The number of carbonyl (C=O) groups is 1. The zero-order valence-corrected chi connectivity index (χ0v) is 23.6. The van der Waals surface area contributed by atoms with Crippen LogP contribution in [0, 0.1) is 26.7 Å². The van der Waals surface area contributed by atoms with Crippen molar-refractivity contribution in [1.29, 1.82) is 0 Å². The third-order valence-electron chi connectivity index (χ3n) is 7.00. The van der Waals surface area contributed by atoms with Crippen molar-refractivity contribution in [2.75, 3.05) is 0 Å². The Balaban J connectivity index is 1.73. The molecule has 4 rings (SSSR count). The maximum Gasteiger partial charge on any atom is 0.340 e. The van der Waals surface area contributed by atoms with Crippen LogP contribution in [0.5, 0.6) is 5.75 Å². The van der Waals surface area contributed by atoms with Gasteiger partial charge in [0.25, 0.3) is 0 Å². The molecule has 0 saturated heterocycles. The Morgan fingerprint density at radius 1 is 0.974 bits per heavy atom. The van der Waals surface area contributed by atoms with E-state index in [1.54, 1.807) is 45.0 Å². The Labute approximate surface area is 228 Å². The van der Waals surface area contributed by atoms with Crippen LogP contribution in [0.25, 0.3) is 11.0 Å². The Morgan fingerprint density at radius 2 is 1.64 bits per heavy atom. The van der Waals surface area contributed by atoms with Crippen LogP contribution in [-0.2, 0) is 21.2 Å². The van der Waals surface area contributed by atoms with Gasteiger partial charge in [-0.2, -0.15) is 4.72 Å². The van der Waals surface area contributed by atoms with E-state index in [1.807, 2.05) is 44.2 Å². The summed E-state index contributed by atoms with van der Waals surface area (Å²) in [5.74, 6) is -0.864. The number of ether oxygens (including phenoxy) is 1. The minimum Gasteiger partial charge on any atom is -0.425 e. The topological polar surface area (TPSA) is 103 Å². The van der Waals surface area contributed by atoms with E-state index in [0.29, 0.717) is 34.9 Å². The van der Waals surface area contributed by atoms with E-state index in [0.717, 1.165) is 16.7 Å². The van der Waals surface area contributed by atoms with Gasteiger partial charge in [-0.3, -0.25) is 0 Å². The molecule has 1 heterocycles. The van der Waals surface area contributed by atoms with E-state index in [9.17, 15) is 18.0 Å². The van der Waals surface area contributed by atoms with Crippen LogP contribution in [0.15, 0.2) is 80.8 Å². The molecule has 39 heavy (non-hydrogen) atoms. The summed E-state index contributed by atoms with van der Waals surface area (Å²) in [5, 5.41) is 0.503. The molecular weight excluding hydrogens is 514 g/mol. The van der Waals surface area contributed by atoms with E-state index in [4.69, 9.17) is 9.15 Å². The van der Waals surface area contributed by atoms with Crippen LogP contribution in [0.4, 0.5) is 0 Å². The highest BCUT2D eigenvalue weighted by Crippen LogP contribution is 2.32. The second kappa shape index (κ2) is 11.6. The summed E-state index contributed by atoms with van der Waals surface area (Å²) in [5.41, 5.74) is 3.56. The Bertz CT molecular complexity index is 1660. The minimum absolute atomic E-state index is 0.0679. The van der Waals surface area contributed by atoms with Gasteiger partial charge >= 0.3 is 11.6 Å². The number of nitrogens with one attached hydrogen (secondary N) is 1. The summed E-state index contributed by atoms with van der Waals surface area (Å²) in [6.45, 7) is 9.14. The second-order valence-corrected chi connectivity index (χ2v) is 11.7. The molecule has 0 bridgehead atoms. The first kappa shape index (κ1) is 28.3. The number of benzene rings is 3. The third kappa shape index (κ3) is 6.29. The van der Waals surface area contributed by atoms with Crippen molar-refractivity contribution in [1.82, 2.24) is 4.72 Å². The van der Waals surface area contributed by atoms with Crippen LogP contribution in [0.2, 0.25) is 0 Å². The van der Waals surface area contributed by atoms with Crippen molar-refractivity contribution in [3.63, 3.8) is 0 Å². The van der Waals surface area contributed by atoms with Gasteiger partial charge in [-0.15, -0.1) is 0 Å². The van der Waals surface area contributed by atoms with E-state index >= 15 is 0 Å². The molecule has 0 saturated carbocycles. The summed E-state index contributed by atoms with van der Waals surface area (Å²) < 4.78 is 40.4. The molecule has 7 nitrogen and oxygen atoms in total. The zero-order valence-electron chi connectivity index (χ0n) is 22.8. The fourth-order valence-corrected chi connectivity index (χ4v) is 5.77. The number of rotatable bonds is 9. The molecule has 0 unspecified atom stereocenters. The molecule has 3 aromatic carbocycles. The average molecular weight is 548 g/mol. The number of sulfonamides is 1. The summed E-state index contributed by atoms with van der Waals surface area (Å²) in [4.78, 5) is 26.5. The summed E-state index contributed by atoms with van der Waals surface area (Å²) in [6, 6.07) is 18.3. The smallest absolute Gasteiger partial charge is 0.340 e. The van der Waals surface area contributed by atoms with Crippen molar-refractivity contribution in [2.24, 2.45) is 5.92 Å². The molecule has 1 N–H and O–H groups in total. The van der Waals surface area contributed by atoms with Gasteiger partial charge in [0.15, 0.2) is 0 Å². The van der Waals surface area contributed by atoms with Crippen molar-refractivity contribution < 1.29 is 22.4 Å². The Hall–Kier alpha value is -3.75. The molecule has 0 spiro atoms. The highest BCUT2D eigenvalue weighted by Gasteiger charge is 2.32. The summed E-state index contributed by atoms with van der Waals surface area (Å²) >= 11 is 0. The molecule has 0 aliphatic heterocycles.